The van der Waals surface area contributed by atoms with Crippen LogP contribution in [0, 0.1) is 0 Å². The Morgan fingerprint density at radius 3 is 2.72 bits per heavy atom. The highest BCUT2D eigenvalue weighted by molar-refractivity contribution is 5.92. The van der Waals surface area contributed by atoms with Crippen LogP contribution in [0.15, 0.2) is 30.5 Å². The quantitative estimate of drug-likeness (QED) is 0.890. The molecule has 2 heterocycles. The van der Waals surface area contributed by atoms with Crippen molar-refractivity contribution in [2.24, 2.45) is 0 Å². The fourth-order valence-electron chi connectivity index (χ4n) is 3.92. The summed E-state index contributed by atoms with van der Waals surface area (Å²) in [5, 5.41) is 10.7. The first-order chi connectivity index (χ1) is 12.2. The molecule has 1 saturated heterocycles. The lowest BCUT2D eigenvalue weighted by atomic mass is 9.93. The first-order valence-corrected chi connectivity index (χ1v) is 8.51. The van der Waals surface area contributed by atoms with E-state index in [0.29, 0.717) is 13.1 Å². The third-order valence-electron chi connectivity index (χ3n) is 5.45. The summed E-state index contributed by atoms with van der Waals surface area (Å²) < 4.78 is 11.1. The van der Waals surface area contributed by atoms with Crippen molar-refractivity contribution in [3.05, 3.63) is 41.7 Å². The Morgan fingerprint density at radius 2 is 2.08 bits per heavy atom. The second kappa shape index (κ2) is 6.15. The molecule has 4 rings (SSSR count). The molecule has 132 valence electrons. The number of carbonyl (C=O) groups excluding carboxylic acids is 1. The van der Waals surface area contributed by atoms with Crippen molar-refractivity contribution in [2.75, 3.05) is 27.3 Å². The van der Waals surface area contributed by atoms with Gasteiger partial charge in [-0.1, -0.05) is 18.2 Å². The van der Waals surface area contributed by atoms with Gasteiger partial charge in [-0.15, -0.1) is 0 Å². The third-order valence-corrected chi connectivity index (χ3v) is 5.45. The van der Waals surface area contributed by atoms with E-state index < -0.39 is 5.41 Å². The van der Waals surface area contributed by atoms with Gasteiger partial charge in [0, 0.05) is 25.8 Å². The lowest BCUT2D eigenvalue weighted by Gasteiger charge is -2.24. The molecule has 7 heteroatoms. The predicted octanol–water partition coefficient (Wildman–Crippen LogP) is 1.49. The molecule has 2 fully saturated rings. The number of hydrogen-bond donors (Lipinski definition) is 1. The van der Waals surface area contributed by atoms with Gasteiger partial charge < -0.3 is 14.4 Å². The summed E-state index contributed by atoms with van der Waals surface area (Å²) in [5.41, 5.74) is 1.37. The average Bonchev–Trinajstić information content (AvgIpc) is 3.08. The molecule has 0 radical (unpaired) electrons. The van der Waals surface area contributed by atoms with E-state index in [1.165, 1.54) is 0 Å². The van der Waals surface area contributed by atoms with Crippen LogP contribution in [0.1, 0.15) is 30.0 Å². The molecule has 2 aromatic rings. The summed E-state index contributed by atoms with van der Waals surface area (Å²) in [6.45, 7) is 1.17. The fraction of sp³-hybridized carbons (Fsp3) is 0.500. The first-order valence-electron chi connectivity index (χ1n) is 8.51. The van der Waals surface area contributed by atoms with Crippen LogP contribution >= 0.6 is 0 Å². The minimum atomic E-state index is -0.455. The van der Waals surface area contributed by atoms with Gasteiger partial charge in [-0.2, -0.15) is 15.4 Å². The highest BCUT2D eigenvalue weighted by atomic mass is 16.5. The van der Waals surface area contributed by atoms with Crippen LogP contribution in [0.25, 0.3) is 0 Å². The number of methoxy groups -OCH3 is 2. The number of aromatic nitrogens is 3. The molecule has 0 spiro atoms. The van der Waals surface area contributed by atoms with Gasteiger partial charge in [0.05, 0.1) is 36.4 Å². The van der Waals surface area contributed by atoms with E-state index in [1.54, 1.807) is 20.4 Å². The van der Waals surface area contributed by atoms with Gasteiger partial charge in [0.25, 0.3) is 0 Å². The third kappa shape index (κ3) is 2.59. The lowest BCUT2D eigenvalue weighted by molar-refractivity contribution is -0.133. The zero-order chi connectivity index (χ0) is 17.4. The second-order valence-corrected chi connectivity index (χ2v) is 6.77. The maximum atomic E-state index is 13.3. The molecule has 1 amide bonds. The smallest absolute Gasteiger partial charge is 0.233 e. The van der Waals surface area contributed by atoms with Crippen molar-refractivity contribution in [1.29, 1.82) is 0 Å². The van der Waals surface area contributed by atoms with Crippen molar-refractivity contribution in [3.8, 4) is 5.75 Å². The number of carbonyl (C=O) groups is 1. The van der Waals surface area contributed by atoms with Crippen LogP contribution in [-0.2, 0) is 14.9 Å². The van der Waals surface area contributed by atoms with E-state index in [0.717, 1.165) is 29.8 Å². The zero-order valence-electron chi connectivity index (χ0n) is 14.4. The summed E-state index contributed by atoms with van der Waals surface area (Å²) >= 11 is 0. The number of benzene rings is 1. The predicted molar refractivity (Wildman–Crippen MR) is 90.4 cm³/mol. The van der Waals surface area contributed by atoms with Gasteiger partial charge in [-0.05, 0) is 18.9 Å². The number of ether oxygens (including phenoxy) is 2. The first kappa shape index (κ1) is 16.1. The van der Waals surface area contributed by atoms with Crippen LogP contribution in [0.4, 0.5) is 0 Å². The molecule has 25 heavy (non-hydrogen) atoms. The van der Waals surface area contributed by atoms with E-state index in [4.69, 9.17) is 9.47 Å². The molecule has 1 aromatic carbocycles. The maximum absolute atomic E-state index is 13.3. The molecular weight excluding hydrogens is 320 g/mol. The Hall–Kier alpha value is -2.41. The number of para-hydroxylation sites is 1. The summed E-state index contributed by atoms with van der Waals surface area (Å²) in [6, 6.07) is 7.82. The molecule has 1 aliphatic carbocycles. The van der Waals surface area contributed by atoms with Gasteiger partial charge in [0.2, 0.25) is 5.91 Å². The summed E-state index contributed by atoms with van der Waals surface area (Å²) in [4.78, 5) is 15.3. The van der Waals surface area contributed by atoms with Crippen molar-refractivity contribution in [1.82, 2.24) is 20.3 Å². The number of nitrogens with zero attached hydrogens (tertiary/aromatic N) is 3. The highest BCUT2D eigenvalue weighted by Gasteiger charge is 2.56. The highest BCUT2D eigenvalue weighted by Crippen LogP contribution is 2.53. The maximum Gasteiger partial charge on any atom is 0.233 e. The minimum absolute atomic E-state index is 0.0427. The molecule has 2 atom stereocenters. The molecular formula is C18H22N4O3. The van der Waals surface area contributed by atoms with Gasteiger partial charge in [-0.25, -0.2) is 0 Å². The van der Waals surface area contributed by atoms with E-state index in [-0.39, 0.29) is 17.9 Å². The Balaban J connectivity index is 1.59. The molecule has 0 bridgehead atoms. The Morgan fingerprint density at radius 1 is 1.28 bits per heavy atom. The van der Waals surface area contributed by atoms with Crippen LogP contribution in [0.3, 0.4) is 0 Å². The number of likely N-dealkylation sites (tertiary alicyclic amines) is 1. The van der Waals surface area contributed by atoms with Gasteiger partial charge in [0.15, 0.2) is 0 Å². The molecule has 1 aromatic heterocycles. The topological polar surface area (TPSA) is 80.3 Å². The van der Waals surface area contributed by atoms with Crippen molar-refractivity contribution in [2.45, 2.75) is 30.3 Å². The SMILES string of the molecule is COc1ccccc1C1(C(=O)N2C[C@@H](OC)[C@H](c3cn[nH]n3)C2)CC1. The van der Waals surface area contributed by atoms with Crippen molar-refractivity contribution in [3.63, 3.8) is 0 Å². The monoisotopic (exact) mass is 342 g/mol. The molecule has 2 aliphatic rings. The van der Waals surface area contributed by atoms with Crippen LogP contribution in [0.2, 0.25) is 0 Å². The Bertz CT molecular complexity index is 757. The fourth-order valence-corrected chi connectivity index (χ4v) is 3.92. The second-order valence-electron chi connectivity index (χ2n) is 6.77. The van der Waals surface area contributed by atoms with E-state index in [9.17, 15) is 4.79 Å². The Labute approximate surface area is 146 Å². The molecule has 1 N–H and O–H groups in total. The van der Waals surface area contributed by atoms with Gasteiger partial charge >= 0.3 is 0 Å². The molecule has 7 nitrogen and oxygen atoms in total. The number of rotatable bonds is 5. The minimum Gasteiger partial charge on any atom is -0.496 e. The standard InChI is InChI=1S/C18H22N4O3/c1-24-15-6-4-3-5-13(15)18(7-8-18)17(23)22-10-12(16(11-22)25-2)14-9-19-21-20-14/h3-6,9,12,16H,7-8,10-11H2,1-2H3,(H,19,20,21)/t12-,16+/m0/s1. The average molecular weight is 342 g/mol. The van der Waals surface area contributed by atoms with E-state index >= 15 is 0 Å². The van der Waals surface area contributed by atoms with E-state index in [2.05, 4.69) is 15.4 Å². The molecule has 1 aliphatic heterocycles. The van der Waals surface area contributed by atoms with Crippen molar-refractivity contribution >= 4 is 5.91 Å². The van der Waals surface area contributed by atoms with Crippen molar-refractivity contribution < 1.29 is 14.3 Å². The molecule has 1 saturated carbocycles. The Kier molecular flexibility index (Phi) is 3.95. The summed E-state index contributed by atoms with van der Waals surface area (Å²) in [6.07, 6.45) is 3.35. The van der Waals surface area contributed by atoms with E-state index in [1.807, 2.05) is 29.2 Å². The zero-order valence-corrected chi connectivity index (χ0v) is 14.4. The normalized spacial score (nSPS) is 24.3. The lowest BCUT2D eigenvalue weighted by Crippen LogP contribution is -2.38. The number of aromatic amines is 1. The number of hydrogen-bond acceptors (Lipinski definition) is 5. The van der Waals surface area contributed by atoms with Gasteiger partial charge in [-0.3, -0.25) is 4.79 Å². The summed E-state index contributed by atoms with van der Waals surface area (Å²) in [5.74, 6) is 0.982. The van der Waals surface area contributed by atoms with Gasteiger partial charge in [0.1, 0.15) is 5.75 Å². The largest absolute Gasteiger partial charge is 0.496 e. The van der Waals surface area contributed by atoms with Crippen LogP contribution < -0.4 is 4.74 Å². The number of amides is 1. The number of nitrogens with one attached hydrogen (secondary N) is 1. The number of H-pyrrole nitrogens is 1. The summed E-state index contributed by atoms with van der Waals surface area (Å²) in [7, 11) is 3.33. The molecule has 0 unspecified atom stereocenters. The van der Waals surface area contributed by atoms with Crippen LogP contribution in [-0.4, -0.2) is 59.6 Å². The van der Waals surface area contributed by atoms with Crippen LogP contribution in [0.5, 0.6) is 5.75 Å².